The van der Waals surface area contributed by atoms with E-state index >= 15 is 0 Å². The Morgan fingerprint density at radius 1 is 1.38 bits per heavy atom. The number of carbonyl (C=O) groups excluding carboxylic acids is 2. The number of carbonyl (C=O) groups is 2. The average molecular weight is 221 g/mol. The Kier molecular flexibility index (Phi) is 2.85. The molecule has 2 rings (SSSR count). The molecule has 0 atom stereocenters. The molecular weight excluding hydrogens is 210 g/mol. The van der Waals surface area contributed by atoms with Gasteiger partial charge in [-0.15, -0.1) is 0 Å². The van der Waals surface area contributed by atoms with Crippen LogP contribution in [0.15, 0.2) is 18.3 Å². The van der Waals surface area contributed by atoms with Gasteiger partial charge in [0.15, 0.2) is 0 Å². The second-order valence-corrected chi connectivity index (χ2v) is 3.55. The topological polar surface area (TPSA) is 65.5 Å². The lowest BCUT2D eigenvalue weighted by Gasteiger charge is -2.20. The minimum absolute atomic E-state index is 0.188. The molecule has 0 bridgehead atoms. The number of rotatable bonds is 2. The lowest BCUT2D eigenvalue weighted by atomic mass is 9.92. The van der Waals surface area contributed by atoms with E-state index < -0.39 is 11.9 Å². The number of pyridine rings is 1. The van der Waals surface area contributed by atoms with E-state index in [0.29, 0.717) is 5.88 Å². The largest absolute Gasteiger partial charge is 0.481 e. The van der Waals surface area contributed by atoms with E-state index in [1.165, 1.54) is 7.11 Å². The van der Waals surface area contributed by atoms with Crippen molar-refractivity contribution in [2.75, 3.05) is 7.11 Å². The molecule has 0 amide bonds. The monoisotopic (exact) mass is 221 g/mol. The van der Waals surface area contributed by atoms with Crippen molar-refractivity contribution < 1.29 is 19.1 Å². The Morgan fingerprint density at radius 3 is 2.69 bits per heavy atom. The van der Waals surface area contributed by atoms with Gasteiger partial charge in [0.1, 0.15) is 0 Å². The molecule has 0 aliphatic carbocycles. The number of aromatic nitrogens is 1. The van der Waals surface area contributed by atoms with Crippen LogP contribution in [0.5, 0.6) is 5.88 Å². The number of esters is 2. The minimum atomic E-state index is -0.493. The van der Waals surface area contributed by atoms with Gasteiger partial charge in [-0.2, -0.15) is 0 Å². The predicted molar refractivity (Wildman–Crippen MR) is 53.9 cm³/mol. The second kappa shape index (κ2) is 4.30. The summed E-state index contributed by atoms with van der Waals surface area (Å²) in [5.74, 6) is -0.730. The summed E-state index contributed by atoms with van der Waals surface area (Å²) in [6, 6.07) is 3.56. The molecule has 0 radical (unpaired) electrons. The zero-order chi connectivity index (χ0) is 11.5. The van der Waals surface area contributed by atoms with Gasteiger partial charge in [-0.1, -0.05) is 6.07 Å². The summed E-state index contributed by atoms with van der Waals surface area (Å²) >= 11 is 0. The molecular formula is C11H11NO4. The van der Waals surface area contributed by atoms with Crippen LogP contribution in [0.3, 0.4) is 0 Å². The molecule has 0 saturated carbocycles. The Bertz CT molecular complexity index is 414. The van der Waals surface area contributed by atoms with Gasteiger partial charge in [-0.3, -0.25) is 9.59 Å². The number of hydrogen-bond donors (Lipinski definition) is 0. The van der Waals surface area contributed by atoms with Crippen LogP contribution in [-0.4, -0.2) is 24.0 Å². The first-order valence-corrected chi connectivity index (χ1v) is 4.93. The molecule has 16 heavy (non-hydrogen) atoms. The highest BCUT2D eigenvalue weighted by Crippen LogP contribution is 2.32. The first-order valence-electron chi connectivity index (χ1n) is 4.93. The Labute approximate surface area is 92.4 Å². The SMILES string of the molecule is COc1ncccc1C1CC(=O)OC(=O)C1. The lowest BCUT2D eigenvalue weighted by Crippen LogP contribution is -2.24. The van der Waals surface area contributed by atoms with Crippen molar-refractivity contribution in [3.63, 3.8) is 0 Å². The molecule has 0 unspecified atom stereocenters. The van der Waals surface area contributed by atoms with Gasteiger partial charge in [-0.25, -0.2) is 4.98 Å². The van der Waals surface area contributed by atoms with E-state index in [2.05, 4.69) is 9.72 Å². The van der Waals surface area contributed by atoms with E-state index in [1.54, 1.807) is 12.3 Å². The summed E-state index contributed by atoms with van der Waals surface area (Å²) in [7, 11) is 1.51. The molecule has 1 aromatic heterocycles. The lowest BCUT2D eigenvalue weighted by molar-refractivity contribution is -0.163. The maximum atomic E-state index is 11.2. The van der Waals surface area contributed by atoms with Crippen molar-refractivity contribution in [3.8, 4) is 5.88 Å². The maximum Gasteiger partial charge on any atom is 0.314 e. The maximum absolute atomic E-state index is 11.2. The molecule has 1 aliphatic rings. The summed E-state index contributed by atoms with van der Waals surface area (Å²) in [5.41, 5.74) is 0.773. The van der Waals surface area contributed by atoms with E-state index in [-0.39, 0.29) is 18.8 Å². The molecule has 5 heteroatoms. The Balaban J connectivity index is 2.29. The second-order valence-electron chi connectivity index (χ2n) is 3.55. The number of hydrogen-bond acceptors (Lipinski definition) is 5. The minimum Gasteiger partial charge on any atom is -0.481 e. The highest BCUT2D eigenvalue weighted by atomic mass is 16.6. The van der Waals surface area contributed by atoms with Gasteiger partial charge in [0.25, 0.3) is 0 Å². The molecule has 5 nitrogen and oxygen atoms in total. The van der Waals surface area contributed by atoms with Crippen LogP contribution in [0, 0.1) is 0 Å². The fourth-order valence-electron chi connectivity index (χ4n) is 1.79. The van der Waals surface area contributed by atoms with Crippen molar-refractivity contribution in [1.29, 1.82) is 0 Å². The van der Waals surface area contributed by atoms with Crippen LogP contribution in [-0.2, 0) is 14.3 Å². The summed E-state index contributed by atoms with van der Waals surface area (Å²) in [5, 5.41) is 0. The first-order chi connectivity index (χ1) is 7.70. The average Bonchev–Trinajstić information content (AvgIpc) is 2.27. The van der Waals surface area contributed by atoms with Crippen molar-refractivity contribution in [2.45, 2.75) is 18.8 Å². The Morgan fingerprint density at radius 2 is 2.06 bits per heavy atom. The molecule has 1 saturated heterocycles. The zero-order valence-corrected chi connectivity index (χ0v) is 8.80. The molecule has 84 valence electrons. The van der Waals surface area contributed by atoms with Gasteiger partial charge in [0.05, 0.1) is 20.0 Å². The van der Waals surface area contributed by atoms with E-state index in [9.17, 15) is 9.59 Å². The van der Waals surface area contributed by atoms with Gasteiger partial charge >= 0.3 is 11.9 Å². The van der Waals surface area contributed by atoms with Crippen molar-refractivity contribution >= 4 is 11.9 Å². The third-order valence-electron chi connectivity index (χ3n) is 2.49. The number of cyclic esters (lactones) is 2. The number of nitrogens with zero attached hydrogens (tertiary/aromatic N) is 1. The third-order valence-corrected chi connectivity index (χ3v) is 2.49. The summed E-state index contributed by atoms with van der Waals surface area (Å²) in [4.78, 5) is 26.3. The molecule has 1 aliphatic heterocycles. The normalized spacial score (nSPS) is 17.1. The molecule has 0 aromatic carbocycles. The smallest absolute Gasteiger partial charge is 0.314 e. The van der Waals surface area contributed by atoms with Crippen LogP contribution in [0.4, 0.5) is 0 Å². The third kappa shape index (κ3) is 2.03. The molecule has 0 spiro atoms. The van der Waals surface area contributed by atoms with Gasteiger partial charge < -0.3 is 9.47 Å². The summed E-state index contributed by atoms with van der Waals surface area (Å²) in [6.45, 7) is 0. The quantitative estimate of drug-likeness (QED) is 0.551. The van der Waals surface area contributed by atoms with Crippen molar-refractivity contribution in [2.24, 2.45) is 0 Å². The summed E-state index contributed by atoms with van der Waals surface area (Å²) < 4.78 is 9.57. The van der Waals surface area contributed by atoms with Crippen LogP contribution >= 0.6 is 0 Å². The van der Waals surface area contributed by atoms with Crippen LogP contribution < -0.4 is 4.74 Å². The molecule has 2 heterocycles. The standard InChI is InChI=1S/C11H11NO4/c1-15-11-8(3-2-4-12-11)7-5-9(13)16-10(14)6-7/h2-4,7H,5-6H2,1H3. The molecule has 1 fully saturated rings. The highest BCUT2D eigenvalue weighted by molar-refractivity contribution is 5.89. The van der Waals surface area contributed by atoms with E-state index in [4.69, 9.17) is 4.74 Å². The number of ether oxygens (including phenoxy) is 2. The predicted octanol–water partition coefficient (Wildman–Crippen LogP) is 1.04. The molecule has 1 aromatic rings. The van der Waals surface area contributed by atoms with E-state index in [0.717, 1.165) is 5.56 Å². The van der Waals surface area contributed by atoms with E-state index in [1.807, 2.05) is 6.07 Å². The van der Waals surface area contributed by atoms with Crippen LogP contribution in [0.25, 0.3) is 0 Å². The van der Waals surface area contributed by atoms with Gasteiger partial charge in [0, 0.05) is 17.7 Å². The Hall–Kier alpha value is -1.91. The van der Waals surface area contributed by atoms with Crippen LogP contribution in [0.2, 0.25) is 0 Å². The number of methoxy groups -OCH3 is 1. The van der Waals surface area contributed by atoms with Crippen LogP contribution in [0.1, 0.15) is 24.3 Å². The fraction of sp³-hybridized carbons (Fsp3) is 0.364. The molecule has 0 N–H and O–H groups in total. The van der Waals surface area contributed by atoms with Crippen molar-refractivity contribution in [3.05, 3.63) is 23.9 Å². The highest BCUT2D eigenvalue weighted by Gasteiger charge is 2.30. The fourth-order valence-corrected chi connectivity index (χ4v) is 1.79. The zero-order valence-electron chi connectivity index (χ0n) is 8.80. The van der Waals surface area contributed by atoms with Gasteiger partial charge in [-0.05, 0) is 6.07 Å². The van der Waals surface area contributed by atoms with Crippen molar-refractivity contribution in [1.82, 2.24) is 4.98 Å². The first kappa shape index (κ1) is 10.6. The summed E-state index contributed by atoms with van der Waals surface area (Å²) in [6.07, 6.45) is 1.98. The van der Waals surface area contributed by atoms with Gasteiger partial charge in [0.2, 0.25) is 5.88 Å².